The highest BCUT2D eigenvalue weighted by molar-refractivity contribution is 5.89. The molecule has 0 amide bonds. The first-order valence-corrected chi connectivity index (χ1v) is 13.1. The topological polar surface area (TPSA) is 146 Å². The second kappa shape index (κ2) is 16.4. The van der Waals surface area contributed by atoms with Crippen LogP contribution < -0.4 is 15.5 Å². The molecule has 1 heterocycles. The second-order valence-corrected chi connectivity index (χ2v) is 9.10. The molecule has 0 radical (unpaired) electrons. The van der Waals surface area contributed by atoms with Gasteiger partial charge in [-0.2, -0.15) is 0 Å². The predicted molar refractivity (Wildman–Crippen MR) is 156 cm³/mol. The Labute approximate surface area is 237 Å². The number of hydrogen-bond donors (Lipinski definition) is 4. The molecule has 0 fully saturated rings. The molecule has 0 aliphatic carbocycles. The average Bonchev–Trinajstić information content (AvgIpc) is 2.98. The third-order valence-electron chi connectivity index (χ3n) is 5.89. The number of carboxylic acids is 2. The molecule has 9 heteroatoms. The molecular weight excluding hydrogens is 526 g/mol. The van der Waals surface area contributed by atoms with Crippen molar-refractivity contribution in [3.8, 4) is 17.1 Å². The zero-order valence-corrected chi connectivity index (χ0v) is 22.4. The fourth-order valence-electron chi connectivity index (χ4n) is 3.85. The Morgan fingerprint density at radius 3 is 2.20 bits per heavy atom. The minimum Gasteiger partial charge on any atom is -0.491 e. The Kier molecular flexibility index (Phi) is 12.3. The van der Waals surface area contributed by atoms with Gasteiger partial charge in [0.2, 0.25) is 0 Å². The number of aliphatic carboxylic acids is 2. The number of carbonyl (C=O) groups is 2. The molecule has 0 saturated carbocycles. The molecule has 0 bridgehead atoms. The van der Waals surface area contributed by atoms with Crippen molar-refractivity contribution < 1.29 is 34.1 Å². The van der Waals surface area contributed by atoms with Crippen molar-refractivity contribution in [3.63, 3.8) is 0 Å². The van der Waals surface area contributed by atoms with Crippen molar-refractivity contribution in [3.05, 3.63) is 113 Å². The van der Waals surface area contributed by atoms with Gasteiger partial charge in [-0.25, -0.2) is 9.59 Å². The first-order chi connectivity index (χ1) is 19.8. The highest BCUT2D eigenvalue weighted by atomic mass is 16.5. The second-order valence-electron chi connectivity index (χ2n) is 9.10. The van der Waals surface area contributed by atoms with Crippen molar-refractivity contribution in [1.82, 2.24) is 5.32 Å². The molecule has 3 aromatic carbocycles. The highest BCUT2D eigenvalue weighted by Crippen LogP contribution is 2.25. The van der Waals surface area contributed by atoms with E-state index >= 15 is 0 Å². The number of aliphatic hydroxyl groups is 1. The first-order valence-electron chi connectivity index (χ1n) is 13.1. The number of nitrogens with one attached hydrogen (secondary N) is 1. The molecule has 214 valence electrons. The molecule has 1 atom stereocenters. The summed E-state index contributed by atoms with van der Waals surface area (Å²) in [4.78, 5) is 31.6. The maximum atomic E-state index is 12.5. The van der Waals surface area contributed by atoms with Crippen molar-refractivity contribution in [2.24, 2.45) is 0 Å². The van der Waals surface area contributed by atoms with Gasteiger partial charge in [-0.3, -0.25) is 4.79 Å². The van der Waals surface area contributed by atoms with Gasteiger partial charge < -0.3 is 29.8 Å². The average molecular weight is 560 g/mol. The van der Waals surface area contributed by atoms with E-state index in [0.717, 1.165) is 31.5 Å². The number of fused-ring (bicyclic) bond motifs is 1. The Morgan fingerprint density at radius 2 is 1.54 bits per heavy atom. The van der Waals surface area contributed by atoms with Crippen molar-refractivity contribution in [2.75, 3.05) is 19.7 Å². The van der Waals surface area contributed by atoms with E-state index in [1.807, 2.05) is 36.4 Å². The largest absolute Gasteiger partial charge is 0.491 e. The lowest BCUT2D eigenvalue weighted by Gasteiger charge is -2.13. The number of ether oxygens (including phenoxy) is 1. The van der Waals surface area contributed by atoms with Gasteiger partial charge in [-0.1, -0.05) is 60.7 Å². The zero-order chi connectivity index (χ0) is 29.5. The van der Waals surface area contributed by atoms with Crippen LogP contribution in [0.25, 0.3) is 22.3 Å². The van der Waals surface area contributed by atoms with Crippen LogP contribution >= 0.6 is 0 Å². The zero-order valence-electron chi connectivity index (χ0n) is 22.4. The van der Waals surface area contributed by atoms with E-state index in [1.165, 1.54) is 11.6 Å². The van der Waals surface area contributed by atoms with Crippen LogP contribution in [-0.2, 0) is 16.0 Å². The Bertz CT molecular complexity index is 1470. The summed E-state index contributed by atoms with van der Waals surface area (Å²) in [6, 6.07) is 26.6. The third-order valence-corrected chi connectivity index (χ3v) is 5.89. The third kappa shape index (κ3) is 11.1. The van der Waals surface area contributed by atoms with Crippen LogP contribution in [0.2, 0.25) is 0 Å². The quantitative estimate of drug-likeness (QED) is 0.137. The maximum Gasteiger partial charge on any atom is 0.328 e. The molecule has 4 N–H and O–H groups in total. The number of aliphatic hydroxyl groups excluding tert-OH is 1. The maximum absolute atomic E-state index is 12.5. The van der Waals surface area contributed by atoms with Gasteiger partial charge in [0.1, 0.15) is 23.7 Å². The lowest BCUT2D eigenvalue weighted by Crippen LogP contribution is -2.22. The Hall–Kier alpha value is -4.73. The molecule has 4 rings (SSSR count). The number of carboxylic acid groups (broad SMARTS) is 2. The van der Waals surface area contributed by atoms with Crippen LogP contribution in [0.1, 0.15) is 18.4 Å². The van der Waals surface area contributed by atoms with E-state index in [9.17, 15) is 19.5 Å². The van der Waals surface area contributed by atoms with E-state index in [-0.39, 0.29) is 12.0 Å². The molecule has 0 aliphatic heterocycles. The van der Waals surface area contributed by atoms with Gasteiger partial charge in [0.25, 0.3) is 0 Å². The summed E-state index contributed by atoms with van der Waals surface area (Å²) in [5, 5.41) is 29.8. The van der Waals surface area contributed by atoms with Crippen LogP contribution in [-0.4, -0.2) is 53.1 Å². The molecule has 0 saturated heterocycles. The van der Waals surface area contributed by atoms with Crippen LogP contribution in [0.15, 0.2) is 106 Å². The SMILES string of the molecule is O=C(O)C=CC(=O)O.O=c1cc(-c2ccccc2)oc2cc(OCC(O)CCCNCCc3ccccc3)ccc12. The molecular formula is C32H33NO8. The minimum atomic E-state index is -1.26. The number of benzene rings is 3. The van der Waals surface area contributed by atoms with Gasteiger partial charge in [0, 0.05) is 29.8 Å². The first kappa shape index (κ1) is 30.8. The van der Waals surface area contributed by atoms with Crippen LogP contribution in [0, 0.1) is 0 Å². The van der Waals surface area contributed by atoms with Gasteiger partial charge in [0.05, 0.1) is 11.5 Å². The summed E-state index contributed by atoms with van der Waals surface area (Å²) in [7, 11) is 0. The van der Waals surface area contributed by atoms with E-state index < -0.39 is 18.0 Å². The fraction of sp³-hybridized carbons (Fsp3) is 0.219. The monoisotopic (exact) mass is 559 g/mol. The highest BCUT2D eigenvalue weighted by Gasteiger charge is 2.10. The van der Waals surface area contributed by atoms with E-state index in [2.05, 4.69) is 29.6 Å². The van der Waals surface area contributed by atoms with Gasteiger partial charge >= 0.3 is 11.9 Å². The summed E-state index contributed by atoms with van der Waals surface area (Å²) in [6.07, 6.45) is 3.08. The smallest absolute Gasteiger partial charge is 0.328 e. The van der Waals surface area contributed by atoms with E-state index in [1.54, 1.807) is 18.2 Å². The summed E-state index contributed by atoms with van der Waals surface area (Å²) in [5.74, 6) is -1.43. The molecule has 9 nitrogen and oxygen atoms in total. The Balaban J connectivity index is 0.000000507. The summed E-state index contributed by atoms with van der Waals surface area (Å²) in [6.45, 7) is 1.97. The Morgan fingerprint density at radius 1 is 0.878 bits per heavy atom. The van der Waals surface area contributed by atoms with Crippen LogP contribution in [0.4, 0.5) is 0 Å². The van der Waals surface area contributed by atoms with Crippen molar-refractivity contribution in [1.29, 1.82) is 0 Å². The lowest BCUT2D eigenvalue weighted by molar-refractivity contribution is -0.134. The van der Waals surface area contributed by atoms with Crippen molar-refractivity contribution >= 4 is 22.9 Å². The van der Waals surface area contributed by atoms with E-state index in [0.29, 0.717) is 41.1 Å². The molecule has 1 unspecified atom stereocenters. The molecule has 1 aromatic heterocycles. The van der Waals surface area contributed by atoms with Gasteiger partial charge in [-0.15, -0.1) is 0 Å². The molecule has 4 aromatic rings. The fourth-order valence-corrected chi connectivity index (χ4v) is 3.85. The normalized spacial score (nSPS) is 11.5. The van der Waals surface area contributed by atoms with Crippen LogP contribution in [0.5, 0.6) is 5.75 Å². The molecule has 41 heavy (non-hydrogen) atoms. The van der Waals surface area contributed by atoms with Crippen LogP contribution in [0.3, 0.4) is 0 Å². The standard InChI is InChI=1S/C28H29NO4.C4H4O4/c30-23(12-7-16-29-17-15-21-8-3-1-4-9-21)20-32-24-13-14-25-26(31)19-27(33-28(25)18-24)22-10-5-2-6-11-22;5-3(6)1-2-4(7)8/h1-6,8-11,13-14,18-19,23,29-30H,7,12,15-17,20H2;1-2H,(H,5,6)(H,7,8). The minimum absolute atomic E-state index is 0.0959. The predicted octanol–water partition coefficient (Wildman–Crippen LogP) is 4.52. The summed E-state index contributed by atoms with van der Waals surface area (Å²) >= 11 is 0. The number of rotatable bonds is 13. The number of hydrogen-bond acceptors (Lipinski definition) is 7. The van der Waals surface area contributed by atoms with Gasteiger partial charge in [0.15, 0.2) is 5.43 Å². The molecule has 0 spiro atoms. The summed E-state index contributed by atoms with van der Waals surface area (Å²) < 4.78 is 11.7. The van der Waals surface area contributed by atoms with Crippen molar-refractivity contribution in [2.45, 2.75) is 25.4 Å². The molecule has 0 aliphatic rings. The lowest BCUT2D eigenvalue weighted by atomic mass is 10.1. The van der Waals surface area contributed by atoms with E-state index in [4.69, 9.17) is 19.4 Å². The summed E-state index contributed by atoms with van der Waals surface area (Å²) in [5.41, 5.74) is 2.54. The van der Waals surface area contributed by atoms with Gasteiger partial charge in [-0.05, 0) is 50.0 Å².